The number of amides is 1. The zero-order chi connectivity index (χ0) is 15.8. The number of hydrogen-bond acceptors (Lipinski definition) is 4. The standard InChI is InChI=1S/C16H12ClN3O3/c17-11-6-13-14(23-5-4-22-13)7-12(11)19-16(21)10-3-1-2-9-8-18-20-15(9)10/h1-3,6-8H,4-5H2,(H,18,20)(H,19,21). The second-order valence-corrected chi connectivity index (χ2v) is 5.48. The van der Waals surface area contributed by atoms with Gasteiger partial charge in [0.2, 0.25) is 0 Å². The molecular weight excluding hydrogens is 318 g/mol. The van der Waals surface area contributed by atoms with Crippen LogP contribution in [0.3, 0.4) is 0 Å². The maximum Gasteiger partial charge on any atom is 0.257 e. The van der Waals surface area contributed by atoms with Crippen molar-refractivity contribution in [3.63, 3.8) is 0 Å². The van der Waals surface area contributed by atoms with Gasteiger partial charge in [0.05, 0.1) is 28.0 Å². The molecular formula is C16H12ClN3O3. The third kappa shape index (κ3) is 2.47. The summed E-state index contributed by atoms with van der Waals surface area (Å²) in [5.41, 5.74) is 1.64. The first-order valence-electron chi connectivity index (χ1n) is 7.05. The van der Waals surface area contributed by atoms with Crippen LogP contribution < -0.4 is 14.8 Å². The van der Waals surface area contributed by atoms with Crippen LogP contribution in [0.15, 0.2) is 36.5 Å². The van der Waals surface area contributed by atoms with E-state index in [0.717, 1.165) is 5.39 Å². The molecule has 0 saturated heterocycles. The molecule has 2 aromatic carbocycles. The van der Waals surface area contributed by atoms with Crippen LogP contribution in [0.4, 0.5) is 5.69 Å². The van der Waals surface area contributed by atoms with E-state index < -0.39 is 0 Å². The minimum Gasteiger partial charge on any atom is -0.486 e. The summed E-state index contributed by atoms with van der Waals surface area (Å²) in [6.07, 6.45) is 1.67. The number of aromatic amines is 1. The van der Waals surface area contributed by atoms with Crippen molar-refractivity contribution >= 4 is 34.1 Å². The molecule has 4 rings (SSSR count). The van der Waals surface area contributed by atoms with Crippen LogP contribution in [0.25, 0.3) is 10.9 Å². The molecule has 1 aliphatic heterocycles. The smallest absolute Gasteiger partial charge is 0.257 e. The van der Waals surface area contributed by atoms with Crippen LogP contribution in [0.1, 0.15) is 10.4 Å². The maximum absolute atomic E-state index is 12.6. The van der Waals surface area contributed by atoms with E-state index >= 15 is 0 Å². The molecule has 2 heterocycles. The summed E-state index contributed by atoms with van der Waals surface area (Å²) in [6.45, 7) is 0.951. The van der Waals surface area contributed by atoms with Gasteiger partial charge in [-0.05, 0) is 6.07 Å². The van der Waals surface area contributed by atoms with Gasteiger partial charge < -0.3 is 14.8 Å². The van der Waals surface area contributed by atoms with E-state index in [1.165, 1.54) is 0 Å². The van der Waals surface area contributed by atoms with Crippen molar-refractivity contribution in [2.45, 2.75) is 0 Å². The second-order valence-electron chi connectivity index (χ2n) is 5.07. The van der Waals surface area contributed by atoms with Gasteiger partial charge in [0.15, 0.2) is 11.5 Å². The van der Waals surface area contributed by atoms with Crippen molar-refractivity contribution in [3.05, 3.63) is 47.1 Å². The number of para-hydroxylation sites is 1. The minimum atomic E-state index is -0.279. The molecule has 0 bridgehead atoms. The second kappa shape index (κ2) is 5.48. The Kier molecular flexibility index (Phi) is 3.31. The van der Waals surface area contributed by atoms with Crippen LogP contribution >= 0.6 is 11.6 Å². The molecule has 0 radical (unpaired) electrons. The molecule has 0 spiro atoms. The monoisotopic (exact) mass is 329 g/mol. The quantitative estimate of drug-likeness (QED) is 0.756. The zero-order valence-electron chi connectivity index (χ0n) is 11.9. The Morgan fingerprint density at radius 3 is 2.83 bits per heavy atom. The number of carbonyl (C=O) groups excluding carboxylic acids is 1. The van der Waals surface area contributed by atoms with Crippen LogP contribution in [-0.2, 0) is 0 Å². The van der Waals surface area contributed by atoms with E-state index in [-0.39, 0.29) is 5.91 Å². The van der Waals surface area contributed by atoms with Gasteiger partial charge >= 0.3 is 0 Å². The van der Waals surface area contributed by atoms with Crippen molar-refractivity contribution < 1.29 is 14.3 Å². The highest BCUT2D eigenvalue weighted by Crippen LogP contribution is 2.38. The fraction of sp³-hybridized carbons (Fsp3) is 0.125. The number of halogens is 1. The molecule has 0 atom stereocenters. The molecule has 23 heavy (non-hydrogen) atoms. The number of carbonyl (C=O) groups is 1. The van der Waals surface area contributed by atoms with Crippen molar-refractivity contribution in [2.75, 3.05) is 18.5 Å². The van der Waals surface area contributed by atoms with Gasteiger partial charge in [-0.2, -0.15) is 5.10 Å². The minimum absolute atomic E-state index is 0.279. The summed E-state index contributed by atoms with van der Waals surface area (Å²) in [5, 5.41) is 10.8. The Labute approximate surface area is 136 Å². The summed E-state index contributed by atoms with van der Waals surface area (Å²) >= 11 is 6.22. The van der Waals surface area contributed by atoms with Crippen LogP contribution in [0.5, 0.6) is 11.5 Å². The molecule has 0 aliphatic carbocycles. The Morgan fingerprint density at radius 2 is 2.00 bits per heavy atom. The fourth-order valence-electron chi connectivity index (χ4n) is 2.51. The topological polar surface area (TPSA) is 76.2 Å². The highest BCUT2D eigenvalue weighted by Gasteiger charge is 2.18. The molecule has 6 nitrogen and oxygen atoms in total. The average Bonchev–Trinajstić information content (AvgIpc) is 3.04. The largest absolute Gasteiger partial charge is 0.486 e. The van der Waals surface area contributed by atoms with Gasteiger partial charge in [-0.25, -0.2) is 0 Å². The molecule has 0 unspecified atom stereocenters. The van der Waals surface area contributed by atoms with E-state index in [1.807, 2.05) is 6.07 Å². The SMILES string of the molecule is O=C(Nc1cc2c(cc1Cl)OCCO2)c1cccc2cn[nH]c12. The molecule has 3 aromatic rings. The number of nitrogens with zero attached hydrogens (tertiary/aromatic N) is 1. The van der Waals surface area contributed by atoms with Crippen LogP contribution in [-0.4, -0.2) is 29.3 Å². The number of anilines is 1. The lowest BCUT2D eigenvalue weighted by atomic mass is 10.1. The lowest BCUT2D eigenvalue weighted by Crippen LogP contribution is -2.17. The molecule has 7 heteroatoms. The predicted molar refractivity (Wildman–Crippen MR) is 86.5 cm³/mol. The van der Waals surface area contributed by atoms with Gasteiger partial charge in [-0.3, -0.25) is 9.89 Å². The van der Waals surface area contributed by atoms with E-state index in [0.29, 0.717) is 46.5 Å². The summed E-state index contributed by atoms with van der Waals surface area (Å²) in [7, 11) is 0. The molecule has 0 saturated carbocycles. The Morgan fingerprint density at radius 1 is 1.22 bits per heavy atom. The number of aromatic nitrogens is 2. The Bertz CT molecular complexity index is 907. The van der Waals surface area contributed by atoms with Gasteiger partial charge in [-0.15, -0.1) is 0 Å². The number of nitrogens with one attached hydrogen (secondary N) is 2. The predicted octanol–water partition coefficient (Wildman–Crippen LogP) is 3.24. The lowest BCUT2D eigenvalue weighted by molar-refractivity contribution is 0.102. The summed E-state index contributed by atoms with van der Waals surface area (Å²) in [4.78, 5) is 12.6. The molecule has 1 aromatic heterocycles. The number of H-pyrrole nitrogens is 1. The fourth-order valence-corrected chi connectivity index (χ4v) is 2.71. The number of ether oxygens (including phenoxy) is 2. The van der Waals surface area contributed by atoms with Crippen molar-refractivity contribution in [1.82, 2.24) is 10.2 Å². The zero-order valence-corrected chi connectivity index (χ0v) is 12.7. The summed E-state index contributed by atoms with van der Waals surface area (Å²) in [5.74, 6) is 0.865. The van der Waals surface area contributed by atoms with Crippen molar-refractivity contribution in [2.24, 2.45) is 0 Å². The first kappa shape index (κ1) is 13.9. The Hall–Kier alpha value is -2.73. The summed E-state index contributed by atoms with van der Waals surface area (Å²) < 4.78 is 11.0. The van der Waals surface area contributed by atoms with Gasteiger partial charge in [0.1, 0.15) is 13.2 Å². The third-order valence-electron chi connectivity index (χ3n) is 3.60. The van der Waals surface area contributed by atoms with E-state index in [1.54, 1.807) is 30.5 Å². The van der Waals surface area contributed by atoms with Crippen LogP contribution in [0, 0.1) is 0 Å². The number of benzene rings is 2. The Balaban J connectivity index is 1.68. The first-order chi connectivity index (χ1) is 11.2. The van der Waals surface area contributed by atoms with Crippen molar-refractivity contribution in [1.29, 1.82) is 0 Å². The highest BCUT2D eigenvalue weighted by atomic mass is 35.5. The highest BCUT2D eigenvalue weighted by molar-refractivity contribution is 6.34. The number of hydrogen-bond donors (Lipinski definition) is 2. The molecule has 2 N–H and O–H groups in total. The van der Waals surface area contributed by atoms with E-state index in [2.05, 4.69) is 15.5 Å². The number of rotatable bonds is 2. The van der Waals surface area contributed by atoms with Crippen LogP contribution in [0.2, 0.25) is 5.02 Å². The van der Waals surface area contributed by atoms with Gasteiger partial charge in [-0.1, -0.05) is 23.7 Å². The third-order valence-corrected chi connectivity index (χ3v) is 3.91. The summed E-state index contributed by atoms with van der Waals surface area (Å²) in [6, 6.07) is 8.72. The lowest BCUT2D eigenvalue weighted by Gasteiger charge is -2.20. The van der Waals surface area contributed by atoms with Gasteiger partial charge in [0, 0.05) is 17.5 Å². The normalized spacial score (nSPS) is 13.1. The van der Waals surface area contributed by atoms with E-state index in [4.69, 9.17) is 21.1 Å². The molecule has 1 aliphatic rings. The first-order valence-corrected chi connectivity index (χ1v) is 7.43. The number of fused-ring (bicyclic) bond motifs is 2. The molecule has 1 amide bonds. The van der Waals surface area contributed by atoms with Crippen molar-refractivity contribution in [3.8, 4) is 11.5 Å². The maximum atomic E-state index is 12.6. The van der Waals surface area contributed by atoms with Gasteiger partial charge in [0.25, 0.3) is 5.91 Å². The molecule has 116 valence electrons. The molecule has 0 fully saturated rings. The van der Waals surface area contributed by atoms with E-state index in [9.17, 15) is 4.79 Å². The average molecular weight is 330 g/mol.